The third-order valence-corrected chi connectivity index (χ3v) is 3.49. The first-order valence-corrected chi connectivity index (χ1v) is 6.65. The van der Waals surface area contributed by atoms with Crippen LogP contribution in [-0.4, -0.2) is 25.4 Å². The summed E-state index contributed by atoms with van der Waals surface area (Å²) in [6.07, 6.45) is 1.48. The van der Waals surface area contributed by atoms with Gasteiger partial charge in [-0.05, 0) is 24.6 Å². The Labute approximate surface area is 129 Å². The zero-order valence-corrected chi connectivity index (χ0v) is 12.3. The lowest BCUT2D eigenvalue weighted by atomic mass is 10.1. The van der Waals surface area contributed by atoms with Gasteiger partial charge in [-0.3, -0.25) is 14.3 Å². The number of rotatable bonds is 3. The Morgan fingerprint density at radius 1 is 1.43 bits per heavy atom. The fourth-order valence-electron chi connectivity index (χ4n) is 2.19. The molecule has 0 fully saturated rings. The lowest BCUT2D eigenvalue weighted by Gasteiger charge is -2.10. The van der Waals surface area contributed by atoms with E-state index in [0.717, 1.165) is 6.07 Å². The van der Waals surface area contributed by atoms with Crippen molar-refractivity contribution in [1.29, 1.82) is 0 Å². The molecule has 0 radical (unpaired) electrons. The van der Waals surface area contributed by atoms with Crippen LogP contribution < -0.4 is 16.7 Å². The number of nitrogens with one attached hydrogen (secondary N) is 2. The van der Waals surface area contributed by atoms with Crippen LogP contribution in [0.1, 0.15) is 15.9 Å². The van der Waals surface area contributed by atoms with Crippen molar-refractivity contribution in [2.45, 2.75) is 6.92 Å². The Hall–Kier alpha value is -3.23. The zero-order chi connectivity index (χ0) is 16.7. The first kappa shape index (κ1) is 14.7. The van der Waals surface area contributed by atoms with E-state index in [4.69, 9.17) is 5.73 Å². The van der Waals surface area contributed by atoms with Crippen LogP contribution in [0.25, 0.3) is 11.2 Å². The maximum atomic E-state index is 13.9. The van der Waals surface area contributed by atoms with E-state index in [2.05, 4.69) is 20.3 Å². The Bertz CT molecular complexity index is 991. The third kappa shape index (κ3) is 2.52. The number of imidazole rings is 1. The maximum absolute atomic E-state index is 13.9. The molecule has 1 aromatic carbocycles. The molecule has 0 saturated heterocycles. The predicted molar refractivity (Wildman–Crippen MR) is 82.1 cm³/mol. The van der Waals surface area contributed by atoms with Crippen LogP contribution in [0, 0.1) is 12.7 Å². The van der Waals surface area contributed by atoms with Crippen molar-refractivity contribution in [3.63, 3.8) is 0 Å². The number of H-pyrrole nitrogens is 1. The van der Waals surface area contributed by atoms with E-state index in [1.807, 2.05) is 0 Å². The molecule has 0 bridgehead atoms. The van der Waals surface area contributed by atoms with Crippen molar-refractivity contribution >= 4 is 28.7 Å². The molecule has 1 amide bonds. The number of aromatic amines is 1. The van der Waals surface area contributed by atoms with E-state index in [1.54, 1.807) is 14.0 Å². The normalized spacial score (nSPS) is 10.9. The number of hydrogen-bond acceptors (Lipinski definition) is 5. The van der Waals surface area contributed by atoms with Gasteiger partial charge in [0.25, 0.3) is 5.91 Å². The summed E-state index contributed by atoms with van der Waals surface area (Å²) in [7, 11) is 1.60. The molecule has 0 atom stereocenters. The molecule has 3 aromatic rings. The third-order valence-electron chi connectivity index (χ3n) is 3.49. The molecule has 0 aliphatic heterocycles. The van der Waals surface area contributed by atoms with Gasteiger partial charge in [0.1, 0.15) is 11.3 Å². The van der Waals surface area contributed by atoms with Gasteiger partial charge in [0.05, 0.1) is 11.8 Å². The summed E-state index contributed by atoms with van der Waals surface area (Å²) in [6.45, 7) is 1.69. The van der Waals surface area contributed by atoms with Crippen molar-refractivity contribution in [3.05, 3.63) is 45.8 Å². The molecule has 0 saturated carbocycles. The van der Waals surface area contributed by atoms with Crippen LogP contribution >= 0.6 is 0 Å². The molecule has 8 nitrogen and oxygen atoms in total. The Morgan fingerprint density at radius 3 is 2.87 bits per heavy atom. The molecule has 0 aliphatic carbocycles. The second-order valence-corrected chi connectivity index (χ2v) is 5.05. The molecular formula is C14H13FN6O2. The van der Waals surface area contributed by atoms with Gasteiger partial charge in [-0.1, -0.05) is 0 Å². The van der Waals surface area contributed by atoms with Gasteiger partial charge in [0.15, 0.2) is 5.65 Å². The minimum atomic E-state index is -0.836. The topological polar surface area (TPSA) is 119 Å². The number of halogens is 1. The summed E-state index contributed by atoms with van der Waals surface area (Å²) in [5.74, 6) is -1.38. The van der Waals surface area contributed by atoms with Crippen LogP contribution in [0.3, 0.4) is 0 Å². The summed E-state index contributed by atoms with van der Waals surface area (Å²) < 4.78 is 15.2. The van der Waals surface area contributed by atoms with Crippen LogP contribution in [-0.2, 0) is 7.05 Å². The van der Waals surface area contributed by atoms with Gasteiger partial charge in [-0.2, -0.15) is 4.98 Å². The van der Waals surface area contributed by atoms with Crippen LogP contribution in [0.5, 0.6) is 0 Å². The number of nitrogens with two attached hydrogens (primary N) is 1. The SMILES string of the molecule is Cc1cc(C(N)=O)c(F)cc1Nc1ncc2c(n1)[nH]c(=O)n2C. The molecule has 2 heterocycles. The van der Waals surface area contributed by atoms with Crippen LogP contribution in [0.4, 0.5) is 16.0 Å². The second kappa shape index (κ2) is 5.20. The van der Waals surface area contributed by atoms with E-state index in [1.165, 1.54) is 16.8 Å². The standard InChI is InChI=1S/C14H13FN6O2/c1-6-3-7(11(16)22)8(15)4-9(6)18-13-17-5-10-12(19-13)20-14(23)21(10)2/h3-5H,1-2H3,(H2,16,22)(H2,17,18,19,20,23). The van der Waals surface area contributed by atoms with Gasteiger partial charge < -0.3 is 11.1 Å². The minimum absolute atomic E-state index is 0.184. The number of primary amides is 1. The summed E-state index contributed by atoms with van der Waals surface area (Å²) in [6, 6.07) is 2.50. The van der Waals surface area contributed by atoms with Gasteiger partial charge in [-0.15, -0.1) is 0 Å². The monoisotopic (exact) mass is 316 g/mol. The van der Waals surface area contributed by atoms with Crippen LogP contribution in [0.2, 0.25) is 0 Å². The number of hydrogen-bond donors (Lipinski definition) is 3. The van der Waals surface area contributed by atoms with E-state index in [-0.39, 0.29) is 17.2 Å². The van der Waals surface area contributed by atoms with Gasteiger partial charge in [0, 0.05) is 12.7 Å². The average molecular weight is 316 g/mol. The highest BCUT2D eigenvalue weighted by atomic mass is 19.1. The maximum Gasteiger partial charge on any atom is 0.327 e. The van der Waals surface area contributed by atoms with Crippen molar-refractivity contribution in [2.24, 2.45) is 12.8 Å². The van der Waals surface area contributed by atoms with Crippen molar-refractivity contribution in [2.75, 3.05) is 5.32 Å². The molecule has 118 valence electrons. The molecule has 0 unspecified atom stereocenters. The Balaban J connectivity index is 2.00. The molecule has 3 rings (SSSR count). The molecule has 0 spiro atoms. The Kier molecular flexibility index (Phi) is 3.32. The summed E-state index contributed by atoms with van der Waals surface area (Å²) >= 11 is 0. The molecule has 4 N–H and O–H groups in total. The number of anilines is 2. The van der Waals surface area contributed by atoms with E-state index < -0.39 is 11.7 Å². The summed E-state index contributed by atoms with van der Waals surface area (Å²) in [5, 5.41) is 2.85. The van der Waals surface area contributed by atoms with Gasteiger partial charge in [0.2, 0.25) is 5.95 Å². The van der Waals surface area contributed by atoms with Crippen molar-refractivity contribution in [3.8, 4) is 0 Å². The molecular weight excluding hydrogens is 303 g/mol. The first-order valence-electron chi connectivity index (χ1n) is 6.65. The number of aryl methyl sites for hydroxylation is 2. The highest BCUT2D eigenvalue weighted by Crippen LogP contribution is 2.22. The quantitative estimate of drug-likeness (QED) is 0.664. The van der Waals surface area contributed by atoms with Crippen molar-refractivity contribution in [1.82, 2.24) is 19.5 Å². The zero-order valence-electron chi connectivity index (χ0n) is 12.3. The second-order valence-electron chi connectivity index (χ2n) is 5.05. The largest absolute Gasteiger partial charge is 0.366 e. The first-order chi connectivity index (χ1) is 10.9. The fraction of sp³-hybridized carbons (Fsp3) is 0.143. The van der Waals surface area contributed by atoms with Gasteiger partial charge in [-0.25, -0.2) is 14.2 Å². The summed E-state index contributed by atoms with van der Waals surface area (Å²) in [4.78, 5) is 33.5. The van der Waals surface area contributed by atoms with Gasteiger partial charge >= 0.3 is 5.69 Å². The molecule has 23 heavy (non-hydrogen) atoms. The minimum Gasteiger partial charge on any atom is -0.366 e. The summed E-state index contributed by atoms with van der Waals surface area (Å²) in [5.41, 5.74) is 6.52. The fourth-order valence-corrected chi connectivity index (χ4v) is 2.19. The smallest absolute Gasteiger partial charge is 0.327 e. The number of benzene rings is 1. The van der Waals surface area contributed by atoms with Crippen molar-refractivity contribution < 1.29 is 9.18 Å². The predicted octanol–water partition coefficient (Wildman–Crippen LogP) is 0.947. The number of nitrogens with zero attached hydrogens (tertiary/aromatic N) is 3. The number of amides is 1. The molecule has 0 aliphatic rings. The lowest BCUT2D eigenvalue weighted by molar-refractivity contribution is 0.0996. The van der Waals surface area contributed by atoms with Crippen LogP contribution in [0.15, 0.2) is 23.1 Å². The highest BCUT2D eigenvalue weighted by Gasteiger charge is 2.13. The number of aromatic nitrogens is 4. The van der Waals surface area contributed by atoms with E-state index >= 15 is 0 Å². The molecule has 9 heteroatoms. The number of carbonyl (C=O) groups excluding carboxylic acids is 1. The highest BCUT2D eigenvalue weighted by molar-refractivity contribution is 5.94. The Morgan fingerprint density at radius 2 is 2.17 bits per heavy atom. The number of carbonyl (C=O) groups is 1. The lowest BCUT2D eigenvalue weighted by Crippen LogP contribution is -2.14. The average Bonchev–Trinajstić information content (AvgIpc) is 2.77. The number of fused-ring (bicyclic) bond motifs is 1. The molecule has 2 aromatic heterocycles. The van der Waals surface area contributed by atoms with E-state index in [9.17, 15) is 14.0 Å². The van der Waals surface area contributed by atoms with E-state index in [0.29, 0.717) is 22.4 Å².